The van der Waals surface area contributed by atoms with Gasteiger partial charge in [-0.15, -0.1) is 0 Å². The van der Waals surface area contributed by atoms with Gasteiger partial charge in [-0.2, -0.15) is 0 Å². The lowest BCUT2D eigenvalue weighted by molar-refractivity contribution is -0.269. The lowest BCUT2D eigenvalue weighted by Crippen LogP contribution is -2.01. The highest BCUT2D eigenvalue weighted by molar-refractivity contribution is 9.11. The van der Waals surface area contributed by atoms with E-state index in [0.717, 1.165) is 6.21 Å². The van der Waals surface area contributed by atoms with E-state index in [1.807, 2.05) is 0 Å². The number of rotatable bonds is 2. The van der Waals surface area contributed by atoms with Gasteiger partial charge in [0.25, 0.3) is 0 Å². The fraction of sp³-hybridized carbons (Fsp3) is 0. The van der Waals surface area contributed by atoms with E-state index >= 15 is 0 Å². The van der Waals surface area contributed by atoms with E-state index in [0.29, 0.717) is 4.47 Å². The third-order valence-corrected chi connectivity index (χ3v) is 3.60. The van der Waals surface area contributed by atoms with Crippen LogP contribution in [-0.2, 0) is 0 Å². The molecular formula is C13H3Br2F5NO-. The maximum absolute atomic E-state index is 13.4. The Morgan fingerprint density at radius 2 is 1.36 bits per heavy atom. The zero-order valence-electron chi connectivity index (χ0n) is 10.2. The predicted octanol–water partition coefficient (Wildman–Crippen LogP) is 4.73. The van der Waals surface area contributed by atoms with Crippen molar-refractivity contribution >= 4 is 43.8 Å². The monoisotopic (exact) mass is 442 g/mol. The molecule has 0 unspecified atom stereocenters. The molecule has 0 aliphatic carbocycles. The van der Waals surface area contributed by atoms with Crippen LogP contribution >= 0.6 is 31.9 Å². The lowest BCUT2D eigenvalue weighted by Gasteiger charge is -2.13. The molecule has 0 bridgehead atoms. The van der Waals surface area contributed by atoms with Crippen molar-refractivity contribution in [1.29, 1.82) is 0 Å². The first-order chi connectivity index (χ1) is 10.2. The van der Waals surface area contributed by atoms with Crippen molar-refractivity contribution < 1.29 is 27.1 Å². The van der Waals surface area contributed by atoms with Crippen LogP contribution in [0.5, 0.6) is 5.75 Å². The Morgan fingerprint density at radius 3 is 1.91 bits per heavy atom. The van der Waals surface area contributed by atoms with E-state index < -0.39 is 40.5 Å². The Labute approximate surface area is 137 Å². The van der Waals surface area contributed by atoms with Gasteiger partial charge in [-0.1, -0.05) is 37.6 Å². The molecule has 0 aliphatic heterocycles. The van der Waals surface area contributed by atoms with Crippen LogP contribution < -0.4 is 5.11 Å². The van der Waals surface area contributed by atoms with E-state index in [2.05, 4.69) is 36.9 Å². The predicted molar refractivity (Wildman–Crippen MR) is 74.8 cm³/mol. The van der Waals surface area contributed by atoms with Crippen LogP contribution in [0.1, 0.15) is 5.56 Å². The van der Waals surface area contributed by atoms with Crippen LogP contribution in [0.25, 0.3) is 0 Å². The van der Waals surface area contributed by atoms with Crippen molar-refractivity contribution in [3.63, 3.8) is 0 Å². The summed E-state index contributed by atoms with van der Waals surface area (Å²) in [6.45, 7) is 0. The summed E-state index contributed by atoms with van der Waals surface area (Å²) < 4.78 is 66.4. The highest BCUT2D eigenvalue weighted by atomic mass is 79.9. The molecule has 9 heteroatoms. The molecule has 0 saturated heterocycles. The molecule has 2 aromatic carbocycles. The summed E-state index contributed by atoms with van der Waals surface area (Å²) in [5.74, 6) is -11.2. The molecule has 2 nitrogen and oxygen atoms in total. The minimum atomic E-state index is -2.27. The Morgan fingerprint density at radius 1 is 0.864 bits per heavy atom. The van der Waals surface area contributed by atoms with Crippen LogP contribution in [0, 0.1) is 29.1 Å². The fourth-order valence-electron chi connectivity index (χ4n) is 1.52. The number of hydrogen-bond acceptors (Lipinski definition) is 2. The van der Waals surface area contributed by atoms with Crippen molar-refractivity contribution in [3.8, 4) is 5.75 Å². The highest BCUT2D eigenvalue weighted by Gasteiger charge is 2.25. The molecule has 0 heterocycles. The molecular weight excluding hydrogens is 441 g/mol. The molecule has 0 aromatic heterocycles. The maximum atomic E-state index is 13.4. The van der Waals surface area contributed by atoms with Gasteiger partial charge in [-0.05, 0) is 17.7 Å². The first-order valence-corrected chi connectivity index (χ1v) is 7.04. The van der Waals surface area contributed by atoms with Crippen molar-refractivity contribution in [3.05, 3.63) is 55.7 Å². The fourth-order valence-corrected chi connectivity index (χ4v) is 2.78. The van der Waals surface area contributed by atoms with Crippen molar-refractivity contribution in [2.45, 2.75) is 0 Å². The van der Waals surface area contributed by atoms with Crippen LogP contribution in [0.15, 0.2) is 26.1 Å². The molecule has 116 valence electrons. The topological polar surface area (TPSA) is 35.4 Å². The molecule has 2 rings (SSSR count). The van der Waals surface area contributed by atoms with E-state index in [1.165, 1.54) is 12.1 Å². The second-order valence-corrected chi connectivity index (χ2v) is 5.75. The van der Waals surface area contributed by atoms with Gasteiger partial charge in [0, 0.05) is 15.2 Å². The van der Waals surface area contributed by atoms with Crippen LogP contribution in [-0.4, -0.2) is 6.21 Å². The zero-order chi connectivity index (χ0) is 16.6. The van der Waals surface area contributed by atoms with Crippen molar-refractivity contribution in [2.24, 2.45) is 4.99 Å². The molecule has 0 spiro atoms. The molecule has 0 saturated carbocycles. The molecule has 0 aliphatic rings. The SMILES string of the molecule is [O-]c1c(Br)cc(Br)cc1C=Nc1c(F)c(F)c(F)c(F)c1F. The summed E-state index contributed by atoms with van der Waals surface area (Å²) >= 11 is 6.05. The standard InChI is InChI=1S/C13H4Br2F5NO/c14-5-1-4(13(22)6(15)2-5)3-21-12-10(19)8(17)7(16)9(18)11(12)20/h1-3,22H/p-1. The highest BCUT2D eigenvalue weighted by Crippen LogP contribution is 2.31. The number of hydrogen-bond donors (Lipinski definition) is 0. The van der Waals surface area contributed by atoms with E-state index in [9.17, 15) is 27.1 Å². The van der Waals surface area contributed by atoms with Gasteiger partial charge in [-0.25, -0.2) is 26.9 Å². The lowest BCUT2D eigenvalue weighted by atomic mass is 10.2. The van der Waals surface area contributed by atoms with Gasteiger partial charge < -0.3 is 5.11 Å². The number of benzene rings is 2. The molecule has 0 atom stereocenters. The van der Waals surface area contributed by atoms with E-state index in [-0.39, 0.29) is 10.0 Å². The van der Waals surface area contributed by atoms with Crippen LogP contribution in [0.2, 0.25) is 0 Å². The summed E-state index contributed by atoms with van der Waals surface area (Å²) in [6, 6.07) is 2.71. The van der Waals surface area contributed by atoms with Crippen molar-refractivity contribution in [2.75, 3.05) is 0 Å². The van der Waals surface area contributed by atoms with Gasteiger partial charge in [0.15, 0.2) is 23.3 Å². The molecule has 0 fully saturated rings. The first kappa shape index (κ1) is 16.9. The molecule has 0 amide bonds. The third-order valence-electron chi connectivity index (χ3n) is 2.56. The maximum Gasteiger partial charge on any atom is 0.200 e. The Balaban J connectivity index is 2.57. The largest absolute Gasteiger partial charge is 0.871 e. The Bertz CT molecular complexity index is 766. The van der Waals surface area contributed by atoms with Crippen molar-refractivity contribution in [1.82, 2.24) is 0 Å². The molecule has 0 N–H and O–H groups in total. The van der Waals surface area contributed by atoms with Crippen LogP contribution in [0.4, 0.5) is 27.6 Å². The van der Waals surface area contributed by atoms with E-state index in [1.54, 1.807) is 0 Å². The summed E-state index contributed by atoms with van der Waals surface area (Å²) in [5, 5.41) is 11.7. The summed E-state index contributed by atoms with van der Waals surface area (Å²) in [4.78, 5) is 3.22. The van der Waals surface area contributed by atoms with Gasteiger partial charge >= 0.3 is 0 Å². The second-order valence-electron chi connectivity index (χ2n) is 3.98. The second kappa shape index (κ2) is 6.33. The number of nitrogens with zero attached hydrogens (tertiary/aromatic N) is 1. The molecule has 22 heavy (non-hydrogen) atoms. The Hall–Kier alpha value is -1.48. The smallest absolute Gasteiger partial charge is 0.200 e. The third kappa shape index (κ3) is 3.00. The number of halogens is 7. The number of aliphatic imine (C=N–C) groups is 1. The average molecular weight is 444 g/mol. The van der Waals surface area contributed by atoms with Gasteiger partial charge in [0.05, 0.1) is 0 Å². The summed E-state index contributed by atoms with van der Waals surface area (Å²) in [5.41, 5.74) is -1.47. The van der Waals surface area contributed by atoms with E-state index in [4.69, 9.17) is 0 Å². The molecule has 2 aromatic rings. The first-order valence-electron chi connectivity index (χ1n) is 5.45. The minimum absolute atomic E-state index is 0.106. The molecule has 0 radical (unpaired) electrons. The van der Waals surface area contributed by atoms with Gasteiger partial charge in [0.2, 0.25) is 5.82 Å². The summed E-state index contributed by atoms with van der Waals surface area (Å²) in [7, 11) is 0. The van der Waals surface area contributed by atoms with Gasteiger partial charge in [0.1, 0.15) is 5.69 Å². The average Bonchev–Trinajstić information content (AvgIpc) is 2.47. The van der Waals surface area contributed by atoms with Crippen LogP contribution in [0.3, 0.4) is 0 Å². The summed E-state index contributed by atoms with van der Waals surface area (Å²) in [6.07, 6.45) is 0.718. The Kier molecular flexibility index (Phi) is 4.86. The normalized spacial score (nSPS) is 11.4. The zero-order valence-corrected chi connectivity index (χ0v) is 13.4. The quantitative estimate of drug-likeness (QED) is 0.286. The minimum Gasteiger partial charge on any atom is -0.871 e. The van der Waals surface area contributed by atoms with Gasteiger partial charge in [-0.3, -0.25) is 0 Å².